The zero-order chi connectivity index (χ0) is 21.4. The molecule has 0 saturated heterocycles. The van der Waals surface area contributed by atoms with Crippen LogP contribution >= 0.6 is 0 Å². The lowest BCUT2D eigenvalue weighted by Crippen LogP contribution is -2.39. The topological polar surface area (TPSA) is 74.2 Å². The largest absolute Gasteiger partial charge is 0.433 e. The van der Waals surface area contributed by atoms with Crippen molar-refractivity contribution in [3.63, 3.8) is 0 Å². The van der Waals surface area contributed by atoms with Gasteiger partial charge in [-0.2, -0.15) is 13.2 Å². The number of aliphatic imine (C=N–C) groups is 1. The summed E-state index contributed by atoms with van der Waals surface area (Å²) >= 11 is 0. The lowest BCUT2D eigenvalue weighted by Gasteiger charge is -2.18. The van der Waals surface area contributed by atoms with E-state index in [0.717, 1.165) is 18.3 Å². The minimum Gasteiger partial charge on any atom is -0.357 e. The molecule has 158 valence electrons. The maximum absolute atomic E-state index is 13.9. The fourth-order valence-electron chi connectivity index (χ4n) is 2.39. The molecule has 1 aromatic heterocycles. The predicted molar refractivity (Wildman–Crippen MR) is 99.4 cm³/mol. The Morgan fingerprint density at radius 2 is 1.97 bits per heavy atom. The molecule has 1 atom stereocenters. The zero-order valence-corrected chi connectivity index (χ0v) is 15.8. The molecule has 0 aliphatic heterocycles. The van der Waals surface area contributed by atoms with Gasteiger partial charge in [0.2, 0.25) is 5.95 Å². The summed E-state index contributed by atoms with van der Waals surface area (Å²) in [5.74, 6) is -1.13. The van der Waals surface area contributed by atoms with Crippen LogP contribution in [0.1, 0.15) is 31.1 Å². The Hall–Kier alpha value is -2.98. The van der Waals surface area contributed by atoms with Crippen molar-refractivity contribution in [2.75, 3.05) is 25.0 Å². The molecule has 29 heavy (non-hydrogen) atoms. The number of hydrogen-bond acceptors (Lipinski definition) is 4. The normalized spacial score (nSPS) is 13.1. The minimum absolute atomic E-state index is 0.158. The van der Waals surface area contributed by atoms with Crippen LogP contribution in [-0.4, -0.2) is 35.6 Å². The molecule has 0 fully saturated rings. The van der Waals surface area contributed by atoms with Crippen molar-refractivity contribution in [3.8, 4) is 0 Å². The first kappa shape index (κ1) is 22.3. The number of aromatic nitrogens is 2. The summed E-state index contributed by atoms with van der Waals surface area (Å²) in [5.41, 5.74) is -0.767. The molecule has 0 radical (unpaired) electrons. The van der Waals surface area contributed by atoms with Crippen LogP contribution in [0.3, 0.4) is 0 Å². The van der Waals surface area contributed by atoms with Crippen molar-refractivity contribution < 1.29 is 22.0 Å². The molecule has 1 heterocycles. The second-order valence-electron chi connectivity index (χ2n) is 5.98. The third kappa shape index (κ3) is 6.84. The maximum atomic E-state index is 13.9. The number of nitrogens with zero attached hydrogens (tertiary/aromatic N) is 3. The molecule has 2 rings (SSSR count). The van der Waals surface area contributed by atoms with Crippen LogP contribution in [0.25, 0.3) is 0 Å². The van der Waals surface area contributed by atoms with Crippen LogP contribution < -0.4 is 16.0 Å². The zero-order valence-electron chi connectivity index (χ0n) is 15.8. The number of halogens is 5. The predicted octanol–water partition coefficient (Wildman–Crippen LogP) is 3.50. The molecule has 0 amide bonds. The average Bonchev–Trinajstić information content (AvgIpc) is 2.64. The number of alkyl halides is 3. The van der Waals surface area contributed by atoms with Crippen molar-refractivity contribution in [2.45, 2.75) is 26.1 Å². The van der Waals surface area contributed by atoms with E-state index in [1.807, 2.05) is 6.92 Å². The van der Waals surface area contributed by atoms with E-state index in [-0.39, 0.29) is 24.6 Å². The van der Waals surface area contributed by atoms with E-state index < -0.39 is 29.5 Å². The number of guanidine groups is 1. The van der Waals surface area contributed by atoms with Crippen molar-refractivity contribution in [1.29, 1.82) is 0 Å². The molecule has 0 bridgehead atoms. The van der Waals surface area contributed by atoms with Crippen LogP contribution in [0.5, 0.6) is 0 Å². The molecule has 6 nitrogen and oxygen atoms in total. The van der Waals surface area contributed by atoms with E-state index in [0.29, 0.717) is 12.5 Å². The number of benzene rings is 1. The first-order valence-corrected chi connectivity index (χ1v) is 8.84. The second kappa shape index (κ2) is 9.99. The van der Waals surface area contributed by atoms with E-state index in [4.69, 9.17) is 0 Å². The lowest BCUT2D eigenvalue weighted by atomic mass is 10.1. The van der Waals surface area contributed by atoms with Gasteiger partial charge in [0.25, 0.3) is 0 Å². The van der Waals surface area contributed by atoms with Gasteiger partial charge >= 0.3 is 6.18 Å². The molecule has 0 saturated carbocycles. The van der Waals surface area contributed by atoms with Crippen molar-refractivity contribution in [1.82, 2.24) is 20.6 Å². The maximum Gasteiger partial charge on any atom is 0.433 e. The van der Waals surface area contributed by atoms with E-state index in [1.165, 1.54) is 12.1 Å². The summed E-state index contributed by atoms with van der Waals surface area (Å²) in [4.78, 5) is 11.4. The quantitative estimate of drug-likeness (QED) is 0.279. The van der Waals surface area contributed by atoms with Gasteiger partial charge < -0.3 is 16.0 Å². The summed E-state index contributed by atoms with van der Waals surface area (Å²) in [5, 5.41) is 8.64. The minimum atomic E-state index is -4.55. The molecule has 1 unspecified atom stereocenters. The molecule has 0 aliphatic rings. The summed E-state index contributed by atoms with van der Waals surface area (Å²) in [7, 11) is 0. The van der Waals surface area contributed by atoms with Gasteiger partial charge in [-0.25, -0.2) is 18.7 Å². The summed E-state index contributed by atoms with van der Waals surface area (Å²) < 4.78 is 64.9. The van der Waals surface area contributed by atoms with Crippen molar-refractivity contribution in [3.05, 3.63) is 53.4 Å². The third-order valence-electron chi connectivity index (χ3n) is 3.74. The summed E-state index contributed by atoms with van der Waals surface area (Å²) in [6.07, 6.45) is -3.53. The molecule has 3 N–H and O–H groups in total. The van der Waals surface area contributed by atoms with E-state index in [2.05, 4.69) is 30.9 Å². The number of hydrogen-bond donors (Lipinski definition) is 3. The van der Waals surface area contributed by atoms with Crippen LogP contribution in [0.15, 0.2) is 35.5 Å². The Kier molecular flexibility index (Phi) is 7.68. The molecule has 11 heteroatoms. The number of rotatable bonds is 7. The monoisotopic (exact) mass is 416 g/mol. The average molecular weight is 416 g/mol. The summed E-state index contributed by atoms with van der Waals surface area (Å²) in [6, 6.07) is 3.61. The Labute approximate surface area is 164 Å². The van der Waals surface area contributed by atoms with Gasteiger partial charge in [0, 0.05) is 30.9 Å². The SMILES string of the molecule is CCNC(=NCCNc1nccc(C(F)(F)F)n1)NC(C)c1ccc(F)cc1F. The Balaban J connectivity index is 1.95. The molecule has 2 aromatic rings. The van der Waals surface area contributed by atoms with Gasteiger partial charge in [-0.3, -0.25) is 4.99 Å². The van der Waals surface area contributed by atoms with E-state index in [1.54, 1.807) is 6.92 Å². The van der Waals surface area contributed by atoms with Crippen molar-refractivity contribution in [2.24, 2.45) is 4.99 Å². The number of anilines is 1. The van der Waals surface area contributed by atoms with Gasteiger partial charge in [-0.1, -0.05) is 6.07 Å². The summed E-state index contributed by atoms with van der Waals surface area (Å²) in [6.45, 7) is 4.44. The fourth-order valence-corrected chi connectivity index (χ4v) is 2.39. The Bertz CT molecular complexity index is 840. The van der Waals surface area contributed by atoms with Gasteiger partial charge in [0.15, 0.2) is 5.96 Å². The fraction of sp³-hybridized carbons (Fsp3) is 0.389. The molecular weight excluding hydrogens is 395 g/mol. The van der Waals surface area contributed by atoms with Crippen LogP contribution in [0, 0.1) is 11.6 Å². The highest BCUT2D eigenvalue weighted by atomic mass is 19.4. The van der Waals surface area contributed by atoms with Crippen molar-refractivity contribution >= 4 is 11.9 Å². The molecule has 0 spiro atoms. The highest BCUT2D eigenvalue weighted by Crippen LogP contribution is 2.27. The number of nitrogens with one attached hydrogen (secondary N) is 3. The van der Waals surface area contributed by atoms with E-state index in [9.17, 15) is 22.0 Å². The standard InChI is InChI=1S/C18H21F5N6/c1-3-24-16(28-11(2)13-5-4-12(19)10-14(13)20)26-8-9-27-17-25-7-6-15(29-17)18(21,22)23/h4-7,10-11H,3,8-9H2,1-2H3,(H2,24,26,28)(H,25,27,29). The van der Waals surface area contributed by atoms with Crippen LogP contribution in [-0.2, 0) is 6.18 Å². The highest BCUT2D eigenvalue weighted by Gasteiger charge is 2.32. The molecule has 1 aromatic carbocycles. The Morgan fingerprint density at radius 3 is 2.62 bits per heavy atom. The van der Waals surface area contributed by atoms with Crippen LogP contribution in [0.2, 0.25) is 0 Å². The smallest absolute Gasteiger partial charge is 0.357 e. The third-order valence-corrected chi connectivity index (χ3v) is 3.74. The Morgan fingerprint density at radius 1 is 1.21 bits per heavy atom. The molecule has 0 aliphatic carbocycles. The van der Waals surface area contributed by atoms with E-state index >= 15 is 0 Å². The van der Waals surface area contributed by atoms with Gasteiger partial charge in [0.1, 0.15) is 17.3 Å². The first-order valence-electron chi connectivity index (χ1n) is 8.84. The van der Waals surface area contributed by atoms with Gasteiger partial charge in [-0.05, 0) is 26.0 Å². The first-order chi connectivity index (χ1) is 13.7. The molecular formula is C18H21F5N6. The van der Waals surface area contributed by atoms with Gasteiger partial charge in [0.05, 0.1) is 12.6 Å². The highest BCUT2D eigenvalue weighted by molar-refractivity contribution is 5.80. The lowest BCUT2D eigenvalue weighted by molar-refractivity contribution is -0.141. The van der Waals surface area contributed by atoms with Gasteiger partial charge in [-0.15, -0.1) is 0 Å². The second-order valence-corrected chi connectivity index (χ2v) is 5.98. The van der Waals surface area contributed by atoms with Crippen LogP contribution in [0.4, 0.5) is 27.9 Å².